The first-order valence-electron chi connectivity index (χ1n) is 19.5. The molecule has 0 radical (unpaired) electrons. The fourth-order valence-corrected chi connectivity index (χ4v) is 10.3. The van der Waals surface area contributed by atoms with Gasteiger partial charge in [-0.3, -0.25) is 18.2 Å². The molecule has 4 aromatic rings. The molecule has 1 saturated heterocycles. The first kappa shape index (κ1) is 50.6. The lowest BCUT2D eigenvalue weighted by Crippen LogP contribution is -2.55. The molecule has 0 bridgehead atoms. The first-order valence-corrected chi connectivity index (χ1v) is 25.3. The highest BCUT2D eigenvalue weighted by atomic mass is 32.2. The summed E-state index contributed by atoms with van der Waals surface area (Å²) in [5, 5.41) is 14.1. The molecular formula is C40H52N4O16S4. The van der Waals surface area contributed by atoms with Gasteiger partial charge >= 0.3 is 0 Å². The van der Waals surface area contributed by atoms with Gasteiger partial charge in [-0.25, -0.2) is 0 Å². The second kappa shape index (κ2) is 21.2. The van der Waals surface area contributed by atoms with Crippen molar-refractivity contribution in [2.45, 2.75) is 69.4 Å². The van der Waals surface area contributed by atoms with Crippen LogP contribution in [0.2, 0.25) is 0 Å². The number of ether oxygens (including phenoxy) is 4. The highest BCUT2D eigenvalue weighted by molar-refractivity contribution is 7.86. The van der Waals surface area contributed by atoms with E-state index in [2.05, 4.69) is 21.3 Å². The van der Waals surface area contributed by atoms with Gasteiger partial charge in [-0.05, 0) is 96.5 Å². The Morgan fingerprint density at radius 3 is 0.734 bits per heavy atom. The Labute approximate surface area is 373 Å². The van der Waals surface area contributed by atoms with Gasteiger partial charge in [-0.1, -0.05) is 24.3 Å². The van der Waals surface area contributed by atoms with Gasteiger partial charge in [-0.2, -0.15) is 33.7 Å². The predicted molar refractivity (Wildman–Crippen MR) is 233 cm³/mol. The van der Waals surface area contributed by atoms with Crippen molar-refractivity contribution in [3.05, 3.63) is 95.1 Å². The van der Waals surface area contributed by atoms with Crippen molar-refractivity contribution in [2.75, 3.05) is 54.6 Å². The van der Waals surface area contributed by atoms with Gasteiger partial charge < -0.3 is 40.2 Å². The maximum atomic E-state index is 12.3. The number of rotatable bonds is 16. The molecular weight excluding hydrogens is 921 g/mol. The SMILES string of the molecule is COc1ccc(C[C@@H]2CN[C@H](Cc3ccc(OC)c(S(=O)(=O)O)c3)CN[C@H](Cc3ccc(OC)c(S(=O)(=O)O)c3)CN[C@H](Cc3ccc(OC)c(S(=O)(=O)O)c3)CN2)cc1S(=O)(=O)O. The van der Waals surface area contributed by atoms with Crippen LogP contribution < -0.4 is 40.2 Å². The standard InChI is InChI=1S/C40H52N4O16S4/c1-57-33-9-5-25(17-37(33)61(45,46)47)13-29-21-42-31(15-27-7-11-35(59-3)39(19-27)63(51,52)53)23-44-32(16-28-8-12-36(60-4)40(20-28)64(54,55)56)24-43-30(22-41-29)14-26-6-10-34(58-2)38(18-26)62(48,49)50/h5-12,17-20,29-32,41-44H,13-16,21-24H2,1-4H3,(H,45,46,47)(H,48,49,50)(H,51,52,53)(H,54,55,56)/t29-,30-,31-,32-/m1/s1. The Balaban J connectivity index is 1.54. The molecule has 1 aliphatic rings. The van der Waals surface area contributed by atoms with Crippen molar-refractivity contribution in [1.29, 1.82) is 0 Å². The first-order chi connectivity index (χ1) is 30.0. The van der Waals surface area contributed by atoms with E-state index in [1.54, 1.807) is 24.3 Å². The summed E-state index contributed by atoms with van der Waals surface area (Å²) in [7, 11) is -13.6. The smallest absolute Gasteiger partial charge is 0.298 e. The fourth-order valence-electron chi connectivity index (χ4n) is 7.44. The van der Waals surface area contributed by atoms with Crippen LogP contribution in [0.4, 0.5) is 0 Å². The summed E-state index contributed by atoms with van der Waals surface area (Å²) < 4.78 is 159. The number of benzene rings is 4. The van der Waals surface area contributed by atoms with Crippen molar-refractivity contribution in [3.8, 4) is 23.0 Å². The lowest BCUT2D eigenvalue weighted by molar-refractivity contribution is 0.341. The lowest BCUT2D eigenvalue weighted by Gasteiger charge is -2.31. The molecule has 64 heavy (non-hydrogen) atoms. The van der Waals surface area contributed by atoms with E-state index in [1.807, 2.05) is 0 Å². The molecule has 4 aromatic carbocycles. The van der Waals surface area contributed by atoms with E-state index in [1.165, 1.54) is 77.0 Å². The molecule has 1 heterocycles. The fraction of sp³-hybridized carbons (Fsp3) is 0.400. The summed E-state index contributed by atoms with van der Waals surface area (Å²) in [6.45, 7) is 0.904. The van der Waals surface area contributed by atoms with E-state index in [9.17, 15) is 51.9 Å². The average Bonchev–Trinajstić information content (AvgIpc) is 3.23. The quantitative estimate of drug-likeness (QED) is 0.0743. The van der Waals surface area contributed by atoms with E-state index in [0.29, 0.717) is 22.3 Å². The highest BCUT2D eigenvalue weighted by Crippen LogP contribution is 2.29. The second-order valence-corrected chi connectivity index (χ2v) is 20.6. The van der Waals surface area contributed by atoms with E-state index >= 15 is 0 Å². The van der Waals surface area contributed by atoms with Crippen LogP contribution in [-0.2, 0) is 66.2 Å². The zero-order valence-corrected chi connectivity index (χ0v) is 38.5. The summed E-state index contributed by atoms with van der Waals surface area (Å²) in [5.74, 6) is -0.232. The van der Waals surface area contributed by atoms with Crippen LogP contribution in [0.5, 0.6) is 23.0 Å². The number of hydrogen-bond donors (Lipinski definition) is 8. The molecule has 0 amide bonds. The van der Waals surface area contributed by atoms with Crippen LogP contribution in [0, 0.1) is 0 Å². The molecule has 0 saturated carbocycles. The molecule has 1 fully saturated rings. The minimum Gasteiger partial charge on any atom is -0.495 e. The minimum atomic E-state index is -4.67. The molecule has 0 aromatic heterocycles. The van der Waals surface area contributed by atoms with Gasteiger partial charge in [0.15, 0.2) is 0 Å². The molecule has 0 aliphatic carbocycles. The van der Waals surface area contributed by atoms with Gasteiger partial charge in [0.25, 0.3) is 40.5 Å². The molecule has 352 valence electrons. The number of methoxy groups -OCH3 is 4. The van der Waals surface area contributed by atoms with Gasteiger partial charge in [0, 0.05) is 50.3 Å². The van der Waals surface area contributed by atoms with Crippen molar-refractivity contribution in [1.82, 2.24) is 21.3 Å². The molecule has 4 atom stereocenters. The molecule has 20 nitrogen and oxygen atoms in total. The largest absolute Gasteiger partial charge is 0.495 e. The Morgan fingerprint density at radius 2 is 0.578 bits per heavy atom. The molecule has 8 N–H and O–H groups in total. The zero-order chi connectivity index (χ0) is 47.0. The monoisotopic (exact) mass is 972 g/mol. The van der Waals surface area contributed by atoms with Crippen LogP contribution in [-0.4, -0.2) is 131 Å². The third-order valence-electron chi connectivity index (χ3n) is 10.6. The van der Waals surface area contributed by atoms with Crippen LogP contribution in [0.1, 0.15) is 22.3 Å². The van der Waals surface area contributed by atoms with E-state index in [0.717, 1.165) is 0 Å². The topological polar surface area (TPSA) is 303 Å². The predicted octanol–water partition coefficient (Wildman–Crippen LogP) is 1.82. The second-order valence-electron chi connectivity index (χ2n) is 15.1. The van der Waals surface area contributed by atoms with Crippen molar-refractivity contribution >= 4 is 40.5 Å². The minimum absolute atomic E-state index is 0.0580. The summed E-state index contributed by atoms with van der Waals surface area (Å²) in [4.78, 5) is -1.70. The summed E-state index contributed by atoms with van der Waals surface area (Å²) in [5.41, 5.74) is 2.07. The molecule has 0 spiro atoms. The number of hydrogen-bond acceptors (Lipinski definition) is 16. The van der Waals surface area contributed by atoms with E-state index in [-0.39, 0.29) is 74.9 Å². The van der Waals surface area contributed by atoms with Crippen LogP contribution in [0.15, 0.2) is 92.4 Å². The van der Waals surface area contributed by atoms with E-state index < -0.39 is 84.2 Å². The summed E-state index contributed by atoms with van der Waals surface area (Å²) >= 11 is 0. The third-order valence-corrected chi connectivity index (χ3v) is 14.1. The Hall–Kier alpha value is -4.44. The van der Waals surface area contributed by atoms with Crippen LogP contribution >= 0.6 is 0 Å². The lowest BCUT2D eigenvalue weighted by atomic mass is 9.99. The Morgan fingerprint density at radius 1 is 0.391 bits per heavy atom. The normalized spacial score (nSPS) is 19.5. The van der Waals surface area contributed by atoms with Crippen molar-refractivity contribution < 1.29 is 70.8 Å². The van der Waals surface area contributed by atoms with Crippen molar-refractivity contribution in [3.63, 3.8) is 0 Å². The summed E-state index contributed by atoms with van der Waals surface area (Å²) in [6, 6.07) is 15.7. The van der Waals surface area contributed by atoms with Crippen LogP contribution in [0.3, 0.4) is 0 Å². The Kier molecular flexibility index (Phi) is 16.8. The highest BCUT2D eigenvalue weighted by Gasteiger charge is 2.26. The zero-order valence-electron chi connectivity index (χ0n) is 35.2. The summed E-state index contributed by atoms with van der Waals surface area (Å²) in [6.07, 6.45) is 0.863. The van der Waals surface area contributed by atoms with Crippen molar-refractivity contribution in [2.24, 2.45) is 0 Å². The number of nitrogens with one attached hydrogen (secondary N) is 4. The van der Waals surface area contributed by atoms with Gasteiger partial charge in [0.05, 0.1) is 28.4 Å². The molecule has 24 heteroatoms. The van der Waals surface area contributed by atoms with E-state index in [4.69, 9.17) is 18.9 Å². The average molecular weight is 973 g/mol. The maximum absolute atomic E-state index is 12.3. The molecule has 1 aliphatic heterocycles. The third kappa shape index (κ3) is 13.8. The van der Waals surface area contributed by atoms with Crippen LogP contribution in [0.25, 0.3) is 0 Å². The van der Waals surface area contributed by atoms with Gasteiger partial charge in [-0.15, -0.1) is 0 Å². The van der Waals surface area contributed by atoms with Gasteiger partial charge in [0.2, 0.25) is 0 Å². The molecule has 5 rings (SSSR count). The maximum Gasteiger partial charge on any atom is 0.298 e. The Bertz CT molecular complexity index is 2350. The van der Waals surface area contributed by atoms with Gasteiger partial charge in [0.1, 0.15) is 42.6 Å². The molecule has 0 unspecified atom stereocenters.